The molecule has 1 aromatic carbocycles. The molecular weight excluding hydrogens is 332 g/mol. The van der Waals surface area contributed by atoms with Gasteiger partial charge in [-0.25, -0.2) is 4.79 Å². The highest BCUT2D eigenvalue weighted by atomic mass is 79.9. The predicted octanol–water partition coefficient (Wildman–Crippen LogP) is 3.71. The molecule has 110 valence electrons. The average molecular weight is 347 g/mol. The van der Waals surface area contributed by atoms with E-state index in [1.807, 2.05) is 0 Å². The first kappa shape index (κ1) is 16.2. The fourth-order valence-corrected chi connectivity index (χ4v) is 1.83. The summed E-state index contributed by atoms with van der Waals surface area (Å²) in [6, 6.07) is 2.79. The van der Waals surface area contributed by atoms with E-state index < -0.39 is 16.6 Å². The third kappa shape index (κ3) is 4.37. The summed E-state index contributed by atoms with van der Waals surface area (Å²) in [5.74, 6) is 0.164. The van der Waals surface area contributed by atoms with Crippen LogP contribution in [0.1, 0.15) is 20.8 Å². The number of carbonyl (C=O) groups excluding carboxylic acids is 1. The highest BCUT2D eigenvalue weighted by Gasteiger charge is 2.24. The molecule has 0 radical (unpaired) electrons. The van der Waals surface area contributed by atoms with Gasteiger partial charge in [-0.05, 0) is 26.8 Å². The standard InChI is InChI=1S/C12H15BrN2O5/c1-12(2,3)20-11(16)14-10-8(15(17)18)5-7(13)6-9(10)19-4/h5-6H,1-4H3,(H,14,16). The van der Waals surface area contributed by atoms with E-state index in [9.17, 15) is 14.9 Å². The van der Waals surface area contributed by atoms with Crippen LogP contribution in [0.2, 0.25) is 0 Å². The van der Waals surface area contributed by atoms with Gasteiger partial charge in [-0.2, -0.15) is 0 Å². The molecule has 8 heteroatoms. The molecule has 0 bridgehead atoms. The number of hydrogen-bond acceptors (Lipinski definition) is 5. The SMILES string of the molecule is COc1cc(Br)cc([N+](=O)[O-])c1NC(=O)OC(C)(C)C. The molecule has 1 aromatic rings. The zero-order valence-corrected chi connectivity index (χ0v) is 13.1. The molecule has 0 atom stereocenters. The number of carbonyl (C=O) groups is 1. The summed E-state index contributed by atoms with van der Waals surface area (Å²) in [4.78, 5) is 22.2. The van der Waals surface area contributed by atoms with E-state index in [-0.39, 0.29) is 17.1 Å². The Morgan fingerprint density at radius 1 is 1.40 bits per heavy atom. The first-order chi connectivity index (χ1) is 9.14. The lowest BCUT2D eigenvalue weighted by Crippen LogP contribution is -2.27. The number of methoxy groups -OCH3 is 1. The van der Waals surface area contributed by atoms with E-state index in [1.54, 1.807) is 20.8 Å². The zero-order valence-electron chi connectivity index (χ0n) is 11.5. The zero-order chi connectivity index (χ0) is 15.5. The molecule has 1 amide bonds. The van der Waals surface area contributed by atoms with Crippen LogP contribution in [0, 0.1) is 10.1 Å². The number of nitro groups is 1. The molecule has 1 rings (SSSR count). The number of amides is 1. The maximum Gasteiger partial charge on any atom is 0.412 e. The Kier molecular flexibility index (Phi) is 4.93. The largest absolute Gasteiger partial charge is 0.494 e. The van der Waals surface area contributed by atoms with Crippen molar-refractivity contribution >= 4 is 33.4 Å². The second-order valence-corrected chi connectivity index (χ2v) is 5.80. The van der Waals surface area contributed by atoms with Gasteiger partial charge in [0, 0.05) is 10.5 Å². The predicted molar refractivity (Wildman–Crippen MR) is 77.2 cm³/mol. The van der Waals surface area contributed by atoms with Crippen molar-refractivity contribution in [2.24, 2.45) is 0 Å². The quantitative estimate of drug-likeness (QED) is 0.665. The highest BCUT2D eigenvalue weighted by molar-refractivity contribution is 9.10. The number of hydrogen-bond donors (Lipinski definition) is 1. The second-order valence-electron chi connectivity index (χ2n) is 4.89. The summed E-state index contributed by atoms with van der Waals surface area (Å²) in [5.41, 5.74) is -1.04. The lowest BCUT2D eigenvalue weighted by molar-refractivity contribution is -0.384. The van der Waals surface area contributed by atoms with Gasteiger partial charge in [0.2, 0.25) is 0 Å². The van der Waals surface area contributed by atoms with E-state index in [2.05, 4.69) is 21.2 Å². The van der Waals surface area contributed by atoms with Crippen LogP contribution in [0.25, 0.3) is 0 Å². The van der Waals surface area contributed by atoms with Crippen LogP contribution >= 0.6 is 15.9 Å². The molecule has 1 N–H and O–H groups in total. The number of halogens is 1. The fourth-order valence-electron chi connectivity index (χ4n) is 1.40. The van der Waals surface area contributed by atoms with Gasteiger partial charge in [-0.15, -0.1) is 0 Å². The van der Waals surface area contributed by atoms with Crippen molar-refractivity contribution in [3.63, 3.8) is 0 Å². The molecule has 0 aliphatic carbocycles. The van der Waals surface area contributed by atoms with Crippen LogP contribution < -0.4 is 10.1 Å². The molecule has 0 fully saturated rings. The second kappa shape index (κ2) is 6.08. The van der Waals surface area contributed by atoms with Crippen LogP contribution in [0.5, 0.6) is 5.75 Å². The maximum atomic E-state index is 11.7. The molecule has 7 nitrogen and oxygen atoms in total. The van der Waals surface area contributed by atoms with Gasteiger partial charge in [0.05, 0.1) is 12.0 Å². The Balaban J connectivity index is 3.16. The topological polar surface area (TPSA) is 90.7 Å². The molecule has 0 aliphatic heterocycles. The van der Waals surface area contributed by atoms with Crippen molar-refractivity contribution in [1.82, 2.24) is 0 Å². The van der Waals surface area contributed by atoms with Gasteiger partial charge in [-0.1, -0.05) is 15.9 Å². The van der Waals surface area contributed by atoms with Gasteiger partial charge in [0.25, 0.3) is 5.69 Å². The molecule has 0 spiro atoms. The summed E-state index contributed by atoms with van der Waals surface area (Å²) < 4.78 is 10.6. The van der Waals surface area contributed by atoms with E-state index in [0.717, 1.165) is 0 Å². The van der Waals surface area contributed by atoms with Crippen LogP contribution in [0.3, 0.4) is 0 Å². The summed E-state index contributed by atoms with van der Waals surface area (Å²) >= 11 is 3.14. The number of ether oxygens (including phenoxy) is 2. The van der Waals surface area contributed by atoms with E-state index >= 15 is 0 Å². The van der Waals surface area contributed by atoms with Gasteiger partial charge in [-0.3, -0.25) is 15.4 Å². The van der Waals surface area contributed by atoms with Crippen molar-refractivity contribution in [2.45, 2.75) is 26.4 Å². The number of nitrogens with zero attached hydrogens (tertiary/aromatic N) is 1. The summed E-state index contributed by atoms with van der Waals surface area (Å²) in [6.07, 6.45) is -0.791. The van der Waals surface area contributed by atoms with Crippen molar-refractivity contribution in [1.29, 1.82) is 0 Å². The first-order valence-corrected chi connectivity index (χ1v) is 6.45. The lowest BCUT2D eigenvalue weighted by atomic mass is 10.2. The van der Waals surface area contributed by atoms with Crippen molar-refractivity contribution < 1.29 is 19.2 Å². The Morgan fingerprint density at radius 3 is 2.45 bits per heavy atom. The average Bonchev–Trinajstić information content (AvgIpc) is 2.27. The van der Waals surface area contributed by atoms with Crippen LogP contribution in [0.15, 0.2) is 16.6 Å². The van der Waals surface area contributed by atoms with Crippen molar-refractivity contribution in [2.75, 3.05) is 12.4 Å². The Morgan fingerprint density at radius 2 is 2.00 bits per heavy atom. The summed E-state index contributed by atoms with van der Waals surface area (Å²) in [7, 11) is 1.35. The molecular formula is C12H15BrN2O5. The highest BCUT2D eigenvalue weighted by Crippen LogP contribution is 2.37. The molecule has 0 saturated heterocycles. The number of anilines is 1. The summed E-state index contributed by atoms with van der Waals surface area (Å²) in [5, 5.41) is 13.4. The third-order valence-corrected chi connectivity index (χ3v) is 2.55. The molecule has 0 aliphatic rings. The summed E-state index contributed by atoms with van der Waals surface area (Å²) in [6.45, 7) is 5.08. The Hall–Kier alpha value is -1.83. The molecule has 0 heterocycles. The van der Waals surface area contributed by atoms with Gasteiger partial charge in [0.1, 0.15) is 5.60 Å². The molecule has 0 saturated carbocycles. The molecule has 0 unspecified atom stereocenters. The van der Waals surface area contributed by atoms with E-state index in [0.29, 0.717) is 4.47 Å². The van der Waals surface area contributed by atoms with Crippen LogP contribution in [0.4, 0.5) is 16.2 Å². The number of nitrogens with one attached hydrogen (secondary N) is 1. The molecule has 0 aromatic heterocycles. The Labute approximate surface area is 124 Å². The third-order valence-electron chi connectivity index (χ3n) is 2.09. The maximum absolute atomic E-state index is 11.7. The number of rotatable bonds is 3. The van der Waals surface area contributed by atoms with Crippen molar-refractivity contribution in [3.05, 3.63) is 26.7 Å². The van der Waals surface area contributed by atoms with Crippen LogP contribution in [-0.2, 0) is 4.74 Å². The smallest absolute Gasteiger partial charge is 0.412 e. The number of nitro benzene ring substituents is 1. The van der Waals surface area contributed by atoms with Crippen LogP contribution in [-0.4, -0.2) is 23.7 Å². The van der Waals surface area contributed by atoms with Gasteiger partial charge in [0.15, 0.2) is 11.4 Å². The first-order valence-electron chi connectivity index (χ1n) is 5.66. The minimum Gasteiger partial charge on any atom is -0.494 e. The Bertz CT molecular complexity index is 539. The monoisotopic (exact) mass is 346 g/mol. The van der Waals surface area contributed by atoms with E-state index in [4.69, 9.17) is 9.47 Å². The lowest BCUT2D eigenvalue weighted by Gasteiger charge is -2.20. The van der Waals surface area contributed by atoms with Gasteiger partial charge < -0.3 is 9.47 Å². The minimum atomic E-state index is -0.791. The number of benzene rings is 1. The minimum absolute atomic E-state index is 0.0463. The molecule has 20 heavy (non-hydrogen) atoms. The normalized spacial score (nSPS) is 10.8. The van der Waals surface area contributed by atoms with Gasteiger partial charge >= 0.3 is 6.09 Å². The fraction of sp³-hybridized carbons (Fsp3) is 0.417. The van der Waals surface area contributed by atoms with E-state index in [1.165, 1.54) is 19.2 Å². The van der Waals surface area contributed by atoms with Crippen molar-refractivity contribution in [3.8, 4) is 5.75 Å².